The van der Waals surface area contributed by atoms with Crippen molar-refractivity contribution in [1.82, 2.24) is 9.55 Å². The van der Waals surface area contributed by atoms with Crippen LogP contribution in [0.5, 0.6) is 11.5 Å². The van der Waals surface area contributed by atoms with Gasteiger partial charge in [0.2, 0.25) is 0 Å². The molecule has 0 unspecified atom stereocenters. The van der Waals surface area contributed by atoms with Crippen LogP contribution >= 0.6 is 0 Å². The molecule has 1 aliphatic rings. The quantitative estimate of drug-likeness (QED) is 0.135. The van der Waals surface area contributed by atoms with Crippen LogP contribution in [-0.4, -0.2) is 9.55 Å². The van der Waals surface area contributed by atoms with E-state index in [9.17, 15) is 0 Å². The number of benzene rings is 6. The minimum Gasteiger partial charge on any atom is -0.509 e. The average Bonchev–Trinajstić information content (AvgIpc) is 3.76. The summed E-state index contributed by atoms with van der Waals surface area (Å²) in [6, 6.07) is 57.0. The predicted molar refractivity (Wildman–Crippen MR) is 254 cm³/mol. The van der Waals surface area contributed by atoms with E-state index < -0.39 is 0 Å². The Kier molecular flexibility index (Phi) is 11.6. The standard InChI is InChI=1S/C56H53N4O.Pt/c1-37(2)48-22-13-14-23-49(48)40-30-45(59-36-58(38(3)39(59)4)44-21-17-20-43(32-44)56(8,9)41-18-11-10-12-19-41)34-47(31-40)61-46-26-27-51-50-24-15-16-25-52(50)60(53(51)35-46)54-33-42(28-29-57-54)55(5,6)7;/h10-33,36-37H,1-9H3;/q-3;. The molecule has 9 rings (SSSR count). The van der Waals surface area contributed by atoms with E-state index in [2.05, 4.69) is 229 Å². The van der Waals surface area contributed by atoms with Gasteiger partial charge < -0.3 is 19.1 Å². The van der Waals surface area contributed by atoms with E-state index in [1.165, 1.54) is 27.8 Å². The summed E-state index contributed by atoms with van der Waals surface area (Å²) in [5.41, 5.74) is 13.3. The molecule has 0 amide bonds. The van der Waals surface area contributed by atoms with Crippen molar-refractivity contribution in [2.45, 2.75) is 79.1 Å². The van der Waals surface area contributed by atoms with Crippen LogP contribution in [0.15, 0.2) is 157 Å². The monoisotopic (exact) mass is 992 g/mol. The van der Waals surface area contributed by atoms with Gasteiger partial charge in [-0.15, -0.1) is 53.6 Å². The van der Waals surface area contributed by atoms with Gasteiger partial charge in [-0.25, -0.2) is 4.98 Å². The zero-order chi connectivity index (χ0) is 42.6. The van der Waals surface area contributed by atoms with Gasteiger partial charge in [-0.1, -0.05) is 139 Å². The number of aromatic nitrogens is 2. The molecule has 0 bridgehead atoms. The third kappa shape index (κ3) is 7.88. The number of anilines is 2. The maximum absolute atomic E-state index is 6.87. The summed E-state index contributed by atoms with van der Waals surface area (Å²) < 4.78 is 9.07. The largest absolute Gasteiger partial charge is 0.509 e. The van der Waals surface area contributed by atoms with Gasteiger partial charge in [0.25, 0.3) is 0 Å². The summed E-state index contributed by atoms with van der Waals surface area (Å²) in [7, 11) is 0. The number of fused-ring (bicyclic) bond motifs is 3. The number of para-hydroxylation sites is 1. The van der Waals surface area contributed by atoms with Gasteiger partial charge in [-0.2, -0.15) is 6.07 Å². The van der Waals surface area contributed by atoms with Crippen LogP contribution in [0.4, 0.5) is 11.4 Å². The summed E-state index contributed by atoms with van der Waals surface area (Å²) in [6.45, 7) is 22.3. The second-order valence-corrected chi connectivity index (χ2v) is 18.1. The normalized spacial score (nSPS) is 13.4. The average molecular weight is 993 g/mol. The number of hydrogen-bond acceptors (Lipinski definition) is 4. The number of pyridine rings is 1. The smallest absolute Gasteiger partial charge is 0.135 e. The van der Waals surface area contributed by atoms with Gasteiger partial charge in [-0.3, -0.25) is 0 Å². The van der Waals surface area contributed by atoms with E-state index in [4.69, 9.17) is 9.72 Å². The van der Waals surface area contributed by atoms with Crippen LogP contribution in [-0.2, 0) is 31.9 Å². The molecule has 8 aromatic rings. The minimum absolute atomic E-state index is 0. The van der Waals surface area contributed by atoms with Gasteiger partial charge in [0, 0.05) is 66.8 Å². The number of rotatable bonds is 9. The van der Waals surface area contributed by atoms with E-state index in [1.807, 2.05) is 12.3 Å². The minimum atomic E-state index is -0.164. The van der Waals surface area contributed by atoms with Crippen LogP contribution in [0, 0.1) is 18.8 Å². The number of ether oxygens (including phenoxy) is 1. The van der Waals surface area contributed by atoms with Crippen LogP contribution in [0.25, 0.3) is 38.8 Å². The number of hydrogen-bond donors (Lipinski definition) is 0. The molecule has 0 saturated heterocycles. The predicted octanol–water partition coefficient (Wildman–Crippen LogP) is 14.7. The van der Waals surface area contributed by atoms with E-state index in [1.54, 1.807) is 0 Å². The number of allylic oxidation sites excluding steroid dienone is 2. The summed E-state index contributed by atoms with van der Waals surface area (Å²) in [5.74, 6) is 2.41. The van der Waals surface area contributed by atoms with Crippen molar-refractivity contribution in [3.8, 4) is 28.4 Å². The van der Waals surface area contributed by atoms with Crippen LogP contribution in [0.2, 0.25) is 0 Å². The summed E-state index contributed by atoms with van der Waals surface area (Å²) in [6.07, 6.45) is 1.91. The molecule has 62 heavy (non-hydrogen) atoms. The van der Waals surface area contributed by atoms with Gasteiger partial charge in [0.05, 0.1) is 0 Å². The molecule has 0 aliphatic carbocycles. The Morgan fingerprint density at radius 2 is 1.34 bits per heavy atom. The van der Waals surface area contributed by atoms with Crippen molar-refractivity contribution < 1.29 is 25.8 Å². The van der Waals surface area contributed by atoms with Gasteiger partial charge in [-0.05, 0) is 88.7 Å². The zero-order valence-corrected chi connectivity index (χ0v) is 39.3. The van der Waals surface area contributed by atoms with Crippen molar-refractivity contribution in [2.24, 2.45) is 0 Å². The summed E-state index contributed by atoms with van der Waals surface area (Å²) in [4.78, 5) is 9.40. The summed E-state index contributed by atoms with van der Waals surface area (Å²) in [5, 5.41) is 2.24. The molecule has 316 valence electrons. The zero-order valence-electron chi connectivity index (χ0n) is 37.0. The first-order valence-electron chi connectivity index (χ1n) is 21.3. The van der Waals surface area contributed by atoms with Crippen molar-refractivity contribution in [1.29, 1.82) is 0 Å². The van der Waals surface area contributed by atoms with Crippen LogP contribution < -0.4 is 14.5 Å². The number of nitrogens with zero attached hydrogens (tertiary/aromatic N) is 4. The third-order valence-corrected chi connectivity index (χ3v) is 12.4. The molecule has 0 saturated carbocycles. The van der Waals surface area contributed by atoms with Crippen LogP contribution in [0.1, 0.15) is 90.5 Å². The second-order valence-electron chi connectivity index (χ2n) is 18.1. The van der Waals surface area contributed by atoms with Gasteiger partial charge >= 0.3 is 0 Å². The molecule has 0 N–H and O–H groups in total. The Hall–Kier alpha value is -5.90. The Labute approximate surface area is 382 Å². The molecular formula is C56H53N4OPt-3. The molecule has 0 atom stereocenters. The molecule has 6 heteroatoms. The maximum Gasteiger partial charge on any atom is 0.135 e. The maximum atomic E-state index is 6.87. The van der Waals surface area contributed by atoms with Crippen molar-refractivity contribution in [3.05, 3.63) is 198 Å². The topological polar surface area (TPSA) is 33.5 Å². The molecule has 6 aromatic carbocycles. The molecular weight excluding hydrogens is 940 g/mol. The molecule has 3 heterocycles. The van der Waals surface area contributed by atoms with Crippen molar-refractivity contribution >= 4 is 33.2 Å². The molecule has 0 fully saturated rings. The first-order chi connectivity index (χ1) is 29.3. The fourth-order valence-corrected chi connectivity index (χ4v) is 8.64. The van der Waals surface area contributed by atoms with Crippen LogP contribution in [0.3, 0.4) is 0 Å². The van der Waals surface area contributed by atoms with Gasteiger partial charge in [0.15, 0.2) is 0 Å². The molecule has 2 aromatic heterocycles. The van der Waals surface area contributed by atoms with E-state index in [0.717, 1.165) is 56.0 Å². The Bertz CT molecular complexity index is 2950. The first-order valence-corrected chi connectivity index (χ1v) is 21.3. The molecule has 5 nitrogen and oxygen atoms in total. The molecule has 0 radical (unpaired) electrons. The first kappa shape index (κ1) is 42.8. The van der Waals surface area contributed by atoms with E-state index in [0.29, 0.717) is 17.4 Å². The fourth-order valence-electron chi connectivity index (χ4n) is 8.64. The Balaban J connectivity index is 0.00000529. The van der Waals surface area contributed by atoms with Crippen molar-refractivity contribution in [3.63, 3.8) is 0 Å². The fraction of sp³-hybridized carbons (Fsp3) is 0.214. The molecule has 1 aliphatic heterocycles. The second kappa shape index (κ2) is 16.8. The van der Waals surface area contributed by atoms with E-state index >= 15 is 0 Å². The molecule has 0 spiro atoms. The third-order valence-electron chi connectivity index (χ3n) is 12.4. The summed E-state index contributed by atoms with van der Waals surface area (Å²) >= 11 is 0. The van der Waals surface area contributed by atoms with E-state index in [-0.39, 0.29) is 31.9 Å². The van der Waals surface area contributed by atoms with Crippen molar-refractivity contribution in [2.75, 3.05) is 9.80 Å². The SMILES string of the molecule is CC1=C(C)N(c2cccc(C(C)(C)c3ccccc3)c2)[CH-]N1c1[c-]c(Oc2[c-]c3c(cc2)c2ccccc2n3-c2cc(C(C)(C)C)ccn2)cc(-c2ccccc2C(C)C)c1.[Pt]. The Morgan fingerprint density at radius 1 is 0.629 bits per heavy atom. The van der Waals surface area contributed by atoms with Gasteiger partial charge in [0.1, 0.15) is 5.82 Å². The Morgan fingerprint density at radius 3 is 2.11 bits per heavy atom.